The Hall–Kier alpha value is -0.0900. The number of sulfonamides is 1. The average Bonchev–Trinajstić information content (AvgIpc) is 2.04. The summed E-state index contributed by atoms with van der Waals surface area (Å²) in [6.07, 6.45) is 6.32. The van der Waals surface area contributed by atoms with Gasteiger partial charge in [0.2, 0.25) is 10.0 Å². The van der Waals surface area contributed by atoms with Crippen molar-refractivity contribution in [3.05, 3.63) is 0 Å². The van der Waals surface area contributed by atoms with Gasteiger partial charge < -0.3 is 0 Å². The third-order valence-electron chi connectivity index (χ3n) is 2.42. The van der Waals surface area contributed by atoms with Crippen LogP contribution in [0.5, 0.6) is 0 Å². The molecular weight excluding hydrogens is 186 g/mol. The zero-order valence-corrected chi connectivity index (χ0v) is 9.07. The van der Waals surface area contributed by atoms with E-state index in [4.69, 9.17) is 0 Å². The van der Waals surface area contributed by atoms with Gasteiger partial charge in [-0.15, -0.1) is 0 Å². The van der Waals surface area contributed by atoms with Crippen molar-refractivity contribution in [3.8, 4) is 0 Å². The molecule has 0 atom stereocenters. The van der Waals surface area contributed by atoms with Gasteiger partial charge in [0.25, 0.3) is 0 Å². The predicted octanol–water partition coefficient (Wildman–Crippen LogP) is 1.65. The third-order valence-corrected chi connectivity index (χ3v) is 4.06. The highest BCUT2D eigenvalue weighted by atomic mass is 32.2. The molecule has 1 saturated carbocycles. The zero-order valence-electron chi connectivity index (χ0n) is 8.25. The lowest BCUT2D eigenvalue weighted by Gasteiger charge is -2.22. The van der Waals surface area contributed by atoms with E-state index in [9.17, 15) is 8.42 Å². The Morgan fingerprint density at radius 3 is 2.38 bits per heavy atom. The van der Waals surface area contributed by atoms with E-state index in [1.54, 1.807) is 0 Å². The largest absolute Gasteiger partial charge is 0.212 e. The molecule has 1 aliphatic rings. The minimum Gasteiger partial charge on any atom is -0.212 e. The minimum atomic E-state index is -2.98. The summed E-state index contributed by atoms with van der Waals surface area (Å²) < 4.78 is 25.5. The molecule has 0 aromatic carbocycles. The SMILES string of the molecule is CCCS(=O)(=O)NC1CCCCC1. The molecule has 1 N–H and O–H groups in total. The standard InChI is InChI=1S/C9H19NO2S/c1-2-8-13(11,12)10-9-6-4-3-5-7-9/h9-10H,2-8H2,1H3. The summed E-state index contributed by atoms with van der Waals surface area (Å²) in [5.74, 6) is 0.267. The average molecular weight is 205 g/mol. The molecule has 0 aromatic rings. The molecule has 0 spiro atoms. The highest BCUT2D eigenvalue weighted by Crippen LogP contribution is 2.18. The second kappa shape index (κ2) is 4.96. The van der Waals surface area contributed by atoms with Gasteiger partial charge in [0.05, 0.1) is 5.75 Å². The van der Waals surface area contributed by atoms with Gasteiger partial charge in [0.15, 0.2) is 0 Å². The van der Waals surface area contributed by atoms with Crippen LogP contribution in [0, 0.1) is 0 Å². The van der Waals surface area contributed by atoms with Crippen molar-refractivity contribution < 1.29 is 8.42 Å². The molecule has 78 valence electrons. The number of nitrogens with one attached hydrogen (secondary N) is 1. The highest BCUT2D eigenvalue weighted by Gasteiger charge is 2.18. The van der Waals surface area contributed by atoms with Crippen molar-refractivity contribution >= 4 is 10.0 Å². The van der Waals surface area contributed by atoms with E-state index in [0.29, 0.717) is 6.42 Å². The first kappa shape index (κ1) is 11.0. The molecule has 1 fully saturated rings. The third kappa shape index (κ3) is 4.09. The summed E-state index contributed by atoms with van der Waals surface area (Å²) in [6.45, 7) is 1.89. The van der Waals surface area contributed by atoms with Gasteiger partial charge in [-0.1, -0.05) is 26.2 Å². The molecule has 0 saturated heterocycles. The Morgan fingerprint density at radius 2 is 1.85 bits per heavy atom. The van der Waals surface area contributed by atoms with Gasteiger partial charge in [-0.2, -0.15) is 0 Å². The van der Waals surface area contributed by atoms with Crippen molar-refractivity contribution in [3.63, 3.8) is 0 Å². The Bertz CT molecular complexity index is 230. The molecule has 3 nitrogen and oxygen atoms in total. The van der Waals surface area contributed by atoms with E-state index in [-0.39, 0.29) is 11.8 Å². The maximum atomic E-state index is 11.4. The normalized spacial score (nSPS) is 20.4. The minimum absolute atomic E-state index is 0.213. The fourth-order valence-electron chi connectivity index (χ4n) is 1.80. The molecule has 0 radical (unpaired) electrons. The zero-order chi connectivity index (χ0) is 9.73. The Labute approximate surface area is 81.0 Å². The molecule has 0 unspecified atom stereocenters. The topological polar surface area (TPSA) is 46.2 Å². The van der Waals surface area contributed by atoms with E-state index >= 15 is 0 Å². The summed E-state index contributed by atoms with van der Waals surface area (Å²) in [4.78, 5) is 0. The van der Waals surface area contributed by atoms with Crippen LogP contribution in [0.3, 0.4) is 0 Å². The van der Waals surface area contributed by atoms with Crippen molar-refractivity contribution in [1.82, 2.24) is 4.72 Å². The summed E-state index contributed by atoms with van der Waals surface area (Å²) in [7, 11) is -2.98. The fourth-order valence-corrected chi connectivity index (χ4v) is 3.20. The number of rotatable bonds is 4. The predicted molar refractivity (Wildman–Crippen MR) is 54.1 cm³/mol. The van der Waals surface area contributed by atoms with Gasteiger partial charge in [-0.3, -0.25) is 0 Å². The van der Waals surface area contributed by atoms with E-state index in [2.05, 4.69) is 4.72 Å². The van der Waals surface area contributed by atoms with Crippen molar-refractivity contribution in [2.45, 2.75) is 51.5 Å². The summed E-state index contributed by atoms with van der Waals surface area (Å²) >= 11 is 0. The summed E-state index contributed by atoms with van der Waals surface area (Å²) in [5, 5.41) is 0. The number of hydrogen-bond donors (Lipinski definition) is 1. The molecule has 4 heteroatoms. The lowest BCUT2D eigenvalue weighted by Crippen LogP contribution is -2.37. The van der Waals surface area contributed by atoms with Gasteiger partial charge >= 0.3 is 0 Å². The van der Waals surface area contributed by atoms with Crippen LogP contribution in [0.1, 0.15) is 45.4 Å². The lowest BCUT2D eigenvalue weighted by molar-refractivity contribution is 0.412. The number of hydrogen-bond acceptors (Lipinski definition) is 2. The van der Waals surface area contributed by atoms with Gasteiger partial charge in [-0.05, 0) is 19.3 Å². The second-order valence-corrected chi connectivity index (χ2v) is 5.65. The molecule has 0 heterocycles. The maximum absolute atomic E-state index is 11.4. The van der Waals surface area contributed by atoms with Crippen LogP contribution >= 0.6 is 0 Å². The van der Waals surface area contributed by atoms with Gasteiger partial charge in [-0.25, -0.2) is 13.1 Å². The van der Waals surface area contributed by atoms with Crippen LogP contribution < -0.4 is 4.72 Å². The van der Waals surface area contributed by atoms with Crippen LogP contribution in [0.4, 0.5) is 0 Å². The Kier molecular flexibility index (Phi) is 4.19. The fraction of sp³-hybridized carbons (Fsp3) is 1.00. The van der Waals surface area contributed by atoms with Gasteiger partial charge in [0, 0.05) is 6.04 Å². The van der Waals surface area contributed by atoms with Crippen LogP contribution in [0.15, 0.2) is 0 Å². The first-order chi connectivity index (χ1) is 6.14. The molecule has 0 amide bonds. The molecular formula is C9H19NO2S. The molecule has 0 bridgehead atoms. The van der Waals surface area contributed by atoms with E-state index in [1.807, 2.05) is 6.92 Å². The first-order valence-corrected chi connectivity index (χ1v) is 6.79. The molecule has 1 aliphatic carbocycles. The summed E-state index contributed by atoms with van der Waals surface area (Å²) in [5.41, 5.74) is 0. The quantitative estimate of drug-likeness (QED) is 0.758. The Morgan fingerprint density at radius 1 is 1.23 bits per heavy atom. The van der Waals surface area contributed by atoms with Crippen molar-refractivity contribution in [1.29, 1.82) is 0 Å². The monoisotopic (exact) mass is 205 g/mol. The highest BCUT2D eigenvalue weighted by molar-refractivity contribution is 7.89. The van der Waals surface area contributed by atoms with E-state index < -0.39 is 10.0 Å². The van der Waals surface area contributed by atoms with Crippen LogP contribution in [0.2, 0.25) is 0 Å². The lowest BCUT2D eigenvalue weighted by atomic mass is 9.96. The smallest absolute Gasteiger partial charge is 0.211 e. The van der Waals surface area contributed by atoms with Crippen LogP contribution in [0.25, 0.3) is 0 Å². The van der Waals surface area contributed by atoms with E-state index in [1.165, 1.54) is 19.3 Å². The Balaban J connectivity index is 2.37. The molecule has 1 rings (SSSR count). The van der Waals surface area contributed by atoms with Crippen molar-refractivity contribution in [2.24, 2.45) is 0 Å². The van der Waals surface area contributed by atoms with Crippen LogP contribution in [-0.4, -0.2) is 20.2 Å². The molecule has 0 aliphatic heterocycles. The first-order valence-electron chi connectivity index (χ1n) is 5.14. The van der Waals surface area contributed by atoms with Crippen LogP contribution in [-0.2, 0) is 10.0 Å². The maximum Gasteiger partial charge on any atom is 0.211 e. The molecule has 13 heavy (non-hydrogen) atoms. The van der Waals surface area contributed by atoms with Gasteiger partial charge in [0.1, 0.15) is 0 Å². The molecule has 0 aromatic heterocycles. The summed E-state index contributed by atoms with van der Waals surface area (Å²) in [6, 6.07) is 0.213. The van der Waals surface area contributed by atoms with Crippen molar-refractivity contribution in [2.75, 3.05) is 5.75 Å². The van der Waals surface area contributed by atoms with E-state index in [0.717, 1.165) is 12.8 Å². The second-order valence-electron chi connectivity index (χ2n) is 3.77.